The molecule has 1 aliphatic rings. The van der Waals surface area contributed by atoms with Gasteiger partial charge < -0.3 is 9.64 Å². The Morgan fingerprint density at radius 3 is 2.52 bits per heavy atom. The van der Waals surface area contributed by atoms with Crippen LogP contribution >= 0.6 is 0 Å². The van der Waals surface area contributed by atoms with Crippen LogP contribution in [0.4, 0.5) is 4.39 Å². The lowest BCUT2D eigenvalue weighted by molar-refractivity contribution is 0.0635. The predicted molar refractivity (Wildman–Crippen MR) is 92.2 cm³/mol. The van der Waals surface area contributed by atoms with Crippen LogP contribution < -0.4 is 4.74 Å². The maximum absolute atomic E-state index is 12.9. The Morgan fingerprint density at radius 2 is 1.88 bits per heavy atom. The number of piperazine rings is 1. The molecule has 2 heterocycles. The van der Waals surface area contributed by atoms with Crippen LogP contribution in [0.2, 0.25) is 0 Å². The topological polar surface area (TPSA) is 50.6 Å². The smallest absolute Gasteiger partial charge is 0.261 e. The highest BCUT2D eigenvalue weighted by molar-refractivity contribution is 5.96. The molecule has 0 saturated carbocycles. The molecule has 134 valence electrons. The van der Waals surface area contributed by atoms with E-state index in [1.165, 1.54) is 12.1 Å². The van der Waals surface area contributed by atoms with Gasteiger partial charge >= 0.3 is 0 Å². The van der Waals surface area contributed by atoms with Gasteiger partial charge in [0.2, 0.25) is 5.88 Å². The number of hydrogen-bond acceptors (Lipinski definition) is 4. The Labute approximate surface area is 146 Å². The number of benzene rings is 1. The third-order valence-corrected chi connectivity index (χ3v) is 4.60. The maximum atomic E-state index is 12.9. The molecule has 1 aliphatic heterocycles. The summed E-state index contributed by atoms with van der Waals surface area (Å²) in [7, 11) is 3.30. The van der Waals surface area contributed by atoms with Gasteiger partial charge in [-0.15, -0.1) is 0 Å². The zero-order chi connectivity index (χ0) is 17.8. The number of rotatable bonds is 5. The zero-order valence-corrected chi connectivity index (χ0v) is 14.6. The summed E-state index contributed by atoms with van der Waals surface area (Å²) in [6, 6.07) is 6.63. The fraction of sp³-hybridized carbons (Fsp3) is 0.444. The largest absolute Gasteiger partial charge is 0.481 e. The molecule has 7 heteroatoms. The molecule has 0 aliphatic carbocycles. The van der Waals surface area contributed by atoms with Crippen molar-refractivity contribution in [3.8, 4) is 5.88 Å². The van der Waals surface area contributed by atoms with E-state index in [4.69, 9.17) is 4.74 Å². The van der Waals surface area contributed by atoms with Crippen molar-refractivity contribution in [1.29, 1.82) is 0 Å². The SMILES string of the molecule is COc1c(C(=O)N2CCN(CCc3ccc(F)cc3)CC2)cnn1C. The number of methoxy groups -OCH3 is 1. The van der Waals surface area contributed by atoms with Crippen LogP contribution in [0.25, 0.3) is 0 Å². The van der Waals surface area contributed by atoms with Crippen molar-refractivity contribution in [2.45, 2.75) is 6.42 Å². The number of hydrogen-bond donors (Lipinski definition) is 0. The molecule has 2 aromatic rings. The molecule has 0 N–H and O–H groups in total. The molecule has 0 unspecified atom stereocenters. The van der Waals surface area contributed by atoms with Gasteiger partial charge in [0.25, 0.3) is 5.91 Å². The van der Waals surface area contributed by atoms with Gasteiger partial charge in [0.15, 0.2) is 0 Å². The number of aromatic nitrogens is 2. The summed E-state index contributed by atoms with van der Waals surface area (Å²) in [5.74, 6) is 0.244. The number of aryl methyl sites for hydroxylation is 1. The first kappa shape index (κ1) is 17.4. The van der Waals surface area contributed by atoms with Crippen molar-refractivity contribution in [2.75, 3.05) is 39.8 Å². The fourth-order valence-electron chi connectivity index (χ4n) is 3.10. The third-order valence-electron chi connectivity index (χ3n) is 4.60. The number of amides is 1. The van der Waals surface area contributed by atoms with Crippen molar-refractivity contribution in [1.82, 2.24) is 19.6 Å². The molecule has 1 saturated heterocycles. The molecule has 0 radical (unpaired) electrons. The van der Waals surface area contributed by atoms with Crippen LogP contribution in [-0.2, 0) is 13.5 Å². The average Bonchev–Trinajstić information content (AvgIpc) is 3.01. The molecule has 0 spiro atoms. The van der Waals surface area contributed by atoms with Gasteiger partial charge in [0.1, 0.15) is 11.4 Å². The van der Waals surface area contributed by atoms with Crippen molar-refractivity contribution in [2.24, 2.45) is 7.05 Å². The van der Waals surface area contributed by atoms with Crippen LogP contribution in [0.5, 0.6) is 5.88 Å². The van der Waals surface area contributed by atoms with E-state index in [9.17, 15) is 9.18 Å². The Morgan fingerprint density at radius 1 is 1.20 bits per heavy atom. The Bertz CT molecular complexity index is 721. The second-order valence-corrected chi connectivity index (χ2v) is 6.20. The summed E-state index contributed by atoms with van der Waals surface area (Å²) in [5.41, 5.74) is 1.63. The van der Waals surface area contributed by atoms with E-state index in [1.807, 2.05) is 17.0 Å². The van der Waals surface area contributed by atoms with Gasteiger partial charge in [0.05, 0.1) is 13.3 Å². The molecule has 6 nitrogen and oxygen atoms in total. The lowest BCUT2D eigenvalue weighted by Crippen LogP contribution is -2.49. The van der Waals surface area contributed by atoms with E-state index in [0.29, 0.717) is 24.5 Å². The number of carbonyl (C=O) groups is 1. The molecule has 1 fully saturated rings. The first-order valence-corrected chi connectivity index (χ1v) is 8.40. The summed E-state index contributed by atoms with van der Waals surface area (Å²) >= 11 is 0. The highest BCUT2D eigenvalue weighted by Gasteiger charge is 2.26. The van der Waals surface area contributed by atoms with Crippen molar-refractivity contribution < 1.29 is 13.9 Å². The molecular formula is C18H23FN4O2. The minimum absolute atomic E-state index is 0.0388. The number of carbonyl (C=O) groups excluding carboxylic acids is 1. The minimum Gasteiger partial charge on any atom is -0.481 e. The molecule has 0 bridgehead atoms. The molecule has 1 aromatic heterocycles. The lowest BCUT2D eigenvalue weighted by atomic mass is 10.1. The highest BCUT2D eigenvalue weighted by Crippen LogP contribution is 2.19. The van der Waals surface area contributed by atoms with Crippen molar-refractivity contribution in [3.63, 3.8) is 0 Å². The van der Waals surface area contributed by atoms with Crippen molar-refractivity contribution in [3.05, 3.63) is 47.4 Å². The van der Waals surface area contributed by atoms with E-state index >= 15 is 0 Å². The van der Waals surface area contributed by atoms with Gasteiger partial charge in [-0.1, -0.05) is 12.1 Å². The summed E-state index contributed by atoms with van der Waals surface area (Å²) in [4.78, 5) is 16.8. The second-order valence-electron chi connectivity index (χ2n) is 6.20. The van der Waals surface area contributed by atoms with E-state index < -0.39 is 0 Å². The first-order valence-electron chi connectivity index (χ1n) is 8.40. The standard InChI is InChI=1S/C18H23FN4O2/c1-21-18(25-2)16(13-20-21)17(24)23-11-9-22(10-12-23)8-7-14-3-5-15(19)6-4-14/h3-6,13H,7-12H2,1-2H3. The molecule has 25 heavy (non-hydrogen) atoms. The fourth-order valence-corrected chi connectivity index (χ4v) is 3.10. The van der Waals surface area contributed by atoms with Gasteiger partial charge in [0, 0.05) is 39.8 Å². The Hall–Kier alpha value is -2.41. The number of halogens is 1. The van der Waals surface area contributed by atoms with Crippen LogP contribution in [-0.4, -0.2) is 65.3 Å². The zero-order valence-electron chi connectivity index (χ0n) is 14.6. The summed E-state index contributed by atoms with van der Waals surface area (Å²) in [6.45, 7) is 3.93. The summed E-state index contributed by atoms with van der Waals surface area (Å²) < 4.78 is 19.8. The quantitative estimate of drug-likeness (QED) is 0.825. The molecule has 0 atom stereocenters. The Kier molecular flexibility index (Phi) is 5.33. The normalized spacial score (nSPS) is 15.4. The van der Waals surface area contributed by atoms with Crippen LogP contribution in [0.3, 0.4) is 0 Å². The van der Waals surface area contributed by atoms with E-state index in [2.05, 4.69) is 10.00 Å². The first-order chi connectivity index (χ1) is 12.1. The van der Waals surface area contributed by atoms with E-state index in [1.54, 1.807) is 25.0 Å². The van der Waals surface area contributed by atoms with E-state index in [0.717, 1.165) is 31.6 Å². The minimum atomic E-state index is -0.207. The summed E-state index contributed by atoms with van der Waals surface area (Å²) in [6.07, 6.45) is 2.44. The van der Waals surface area contributed by atoms with Gasteiger partial charge in [-0.2, -0.15) is 5.10 Å². The van der Waals surface area contributed by atoms with Gasteiger partial charge in [-0.25, -0.2) is 9.07 Å². The monoisotopic (exact) mass is 346 g/mol. The van der Waals surface area contributed by atoms with Crippen LogP contribution in [0.15, 0.2) is 30.5 Å². The van der Waals surface area contributed by atoms with E-state index in [-0.39, 0.29) is 11.7 Å². The van der Waals surface area contributed by atoms with Crippen molar-refractivity contribution >= 4 is 5.91 Å². The van der Waals surface area contributed by atoms with Gasteiger partial charge in [-0.05, 0) is 24.1 Å². The number of nitrogens with zero attached hydrogens (tertiary/aromatic N) is 4. The molecule has 1 amide bonds. The van der Waals surface area contributed by atoms with Gasteiger partial charge in [-0.3, -0.25) is 9.69 Å². The Balaban J connectivity index is 1.51. The predicted octanol–water partition coefficient (Wildman–Crippen LogP) is 1.57. The average molecular weight is 346 g/mol. The molecule has 3 rings (SSSR count). The lowest BCUT2D eigenvalue weighted by Gasteiger charge is -2.34. The van der Waals surface area contributed by atoms with Crippen LogP contribution in [0, 0.1) is 5.82 Å². The molecular weight excluding hydrogens is 323 g/mol. The number of ether oxygens (including phenoxy) is 1. The molecule has 1 aromatic carbocycles. The summed E-state index contributed by atoms with van der Waals surface area (Å²) in [5, 5.41) is 4.09. The van der Waals surface area contributed by atoms with Crippen LogP contribution in [0.1, 0.15) is 15.9 Å². The maximum Gasteiger partial charge on any atom is 0.261 e. The highest BCUT2D eigenvalue weighted by atomic mass is 19.1. The second kappa shape index (κ2) is 7.65. The third kappa shape index (κ3) is 3.99.